The molecule has 0 saturated carbocycles. The van der Waals surface area contributed by atoms with E-state index in [1.165, 1.54) is 11.3 Å². The summed E-state index contributed by atoms with van der Waals surface area (Å²) in [6.45, 7) is 0. The first-order valence-corrected chi connectivity index (χ1v) is 6.97. The first-order valence-electron chi connectivity index (χ1n) is 4.57. The molecule has 0 radical (unpaired) electrons. The van der Waals surface area contributed by atoms with Crippen molar-refractivity contribution in [3.63, 3.8) is 0 Å². The van der Waals surface area contributed by atoms with Gasteiger partial charge in [-0.2, -0.15) is 0 Å². The Morgan fingerprint density at radius 1 is 1.12 bits per heavy atom. The molecule has 0 aliphatic rings. The number of hydrogen-bond acceptors (Lipinski definition) is 5. The van der Waals surface area contributed by atoms with Gasteiger partial charge in [-0.15, -0.1) is 10.2 Å². The maximum Gasteiger partial charge on any atom is 0.183 e. The predicted octanol–water partition coefficient (Wildman–Crippen LogP) is 3.75. The van der Waals surface area contributed by atoms with E-state index in [2.05, 4.69) is 42.1 Å². The third-order valence-electron chi connectivity index (χ3n) is 2.12. The van der Waals surface area contributed by atoms with E-state index in [0.717, 1.165) is 19.0 Å². The van der Waals surface area contributed by atoms with Crippen LogP contribution in [0.2, 0.25) is 0 Å². The van der Waals surface area contributed by atoms with Crippen molar-refractivity contribution in [3.8, 4) is 22.1 Å². The van der Waals surface area contributed by atoms with E-state index in [9.17, 15) is 0 Å². The van der Waals surface area contributed by atoms with Gasteiger partial charge in [-0.1, -0.05) is 11.3 Å². The van der Waals surface area contributed by atoms with Gasteiger partial charge in [0.15, 0.2) is 8.92 Å². The van der Waals surface area contributed by atoms with Crippen molar-refractivity contribution in [2.45, 2.75) is 0 Å². The third-order valence-corrected chi connectivity index (χ3v) is 4.26. The molecule has 1 aromatic carbocycles. The molecule has 1 heterocycles. The summed E-state index contributed by atoms with van der Waals surface area (Å²) < 4.78 is 12.1. The van der Waals surface area contributed by atoms with Crippen LogP contribution in [0.15, 0.2) is 20.5 Å². The number of ether oxygens (including phenoxy) is 2. The molecule has 0 amide bonds. The second-order valence-corrected chi connectivity index (χ2v) is 6.07. The molecule has 90 valence electrons. The minimum atomic E-state index is 0.688. The molecule has 0 N–H and O–H groups in total. The molecule has 0 spiro atoms. The lowest BCUT2D eigenvalue weighted by atomic mass is 10.2. The topological polar surface area (TPSA) is 44.2 Å². The summed E-state index contributed by atoms with van der Waals surface area (Å²) in [6.07, 6.45) is 0. The minimum absolute atomic E-state index is 0.688. The molecule has 2 aromatic rings. The average Bonchev–Trinajstić information content (AvgIpc) is 2.75. The van der Waals surface area contributed by atoms with Crippen LogP contribution in [0.1, 0.15) is 0 Å². The fourth-order valence-corrected chi connectivity index (χ4v) is 3.18. The molecule has 7 heteroatoms. The van der Waals surface area contributed by atoms with Crippen molar-refractivity contribution in [1.82, 2.24) is 10.2 Å². The van der Waals surface area contributed by atoms with Crippen molar-refractivity contribution in [1.29, 1.82) is 0 Å². The Morgan fingerprint density at radius 3 is 2.41 bits per heavy atom. The van der Waals surface area contributed by atoms with Crippen LogP contribution in [0, 0.1) is 0 Å². The van der Waals surface area contributed by atoms with Crippen LogP contribution < -0.4 is 9.47 Å². The van der Waals surface area contributed by atoms with Gasteiger partial charge in [-0.25, -0.2) is 0 Å². The second kappa shape index (κ2) is 5.32. The molecule has 0 aliphatic heterocycles. The number of rotatable bonds is 3. The van der Waals surface area contributed by atoms with Crippen LogP contribution in [0.25, 0.3) is 10.6 Å². The molecule has 0 saturated heterocycles. The van der Waals surface area contributed by atoms with Crippen LogP contribution in [0.3, 0.4) is 0 Å². The van der Waals surface area contributed by atoms with Gasteiger partial charge in [0.2, 0.25) is 0 Å². The summed E-state index contributed by atoms with van der Waals surface area (Å²) in [5, 5.41) is 8.78. The van der Waals surface area contributed by atoms with Crippen LogP contribution in [-0.4, -0.2) is 24.4 Å². The number of nitrogens with zero attached hydrogens (tertiary/aromatic N) is 2. The Hall–Kier alpha value is -0.660. The van der Waals surface area contributed by atoms with Crippen molar-refractivity contribution < 1.29 is 9.47 Å². The van der Waals surface area contributed by atoms with Crippen LogP contribution >= 0.6 is 43.2 Å². The standard InChI is InChI=1S/C10H8Br2N2O2S/c1-15-6-4-3-5(8(16-2)7(6)11)9-13-14-10(12)17-9/h3-4H,1-2H3. The second-order valence-electron chi connectivity index (χ2n) is 3.02. The lowest BCUT2D eigenvalue weighted by Crippen LogP contribution is -1.92. The smallest absolute Gasteiger partial charge is 0.183 e. The molecule has 0 atom stereocenters. The van der Waals surface area contributed by atoms with Gasteiger partial charge in [0.05, 0.1) is 19.8 Å². The molecule has 0 bridgehead atoms. The summed E-state index contributed by atoms with van der Waals surface area (Å²) in [4.78, 5) is 0. The van der Waals surface area contributed by atoms with E-state index in [4.69, 9.17) is 9.47 Å². The van der Waals surface area contributed by atoms with E-state index in [1.54, 1.807) is 14.2 Å². The Labute approximate surface area is 119 Å². The zero-order valence-corrected chi connectivity index (χ0v) is 13.0. The number of hydrogen-bond donors (Lipinski definition) is 0. The minimum Gasteiger partial charge on any atom is -0.495 e. The Balaban J connectivity index is 2.58. The van der Waals surface area contributed by atoms with Crippen molar-refractivity contribution in [3.05, 3.63) is 20.5 Å². The van der Waals surface area contributed by atoms with E-state index in [-0.39, 0.29) is 0 Å². The number of benzene rings is 1. The molecule has 17 heavy (non-hydrogen) atoms. The van der Waals surface area contributed by atoms with Gasteiger partial charge in [-0.05, 0) is 44.0 Å². The molecular weight excluding hydrogens is 372 g/mol. The van der Waals surface area contributed by atoms with Gasteiger partial charge >= 0.3 is 0 Å². The van der Waals surface area contributed by atoms with Gasteiger partial charge in [0.25, 0.3) is 0 Å². The SMILES string of the molecule is COc1ccc(-c2nnc(Br)s2)c(OC)c1Br. The first kappa shape index (κ1) is 12.8. The highest BCUT2D eigenvalue weighted by atomic mass is 79.9. The maximum absolute atomic E-state index is 5.38. The normalized spacial score (nSPS) is 10.4. The summed E-state index contributed by atoms with van der Waals surface area (Å²) in [5.41, 5.74) is 0.878. The van der Waals surface area contributed by atoms with E-state index < -0.39 is 0 Å². The summed E-state index contributed by atoms with van der Waals surface area (Å²) in [5.74, 6) is 1.40. The largest absolute Gasteiger partial charge is 0.495 e. The number of halogens is 2. The van der Waals surface area contributed by atoms with Crippen LogP contribution in [0.5, 0.6) is 11.5 Å². The van der Waals surface area contributed by atoms with E-state index in [1.807, 2.05) is 12.1 Å². The van der Waals surface area contributed by atoms with Crippen molar-refractivity contribution in [2.24, 2.45) is 0 Å². The zero-order chi connectivity index (χ0) is 12.4. The monoisotopic (exact) mass is 378 g/mol. The average molecular weight is 380 g/mol. The van der Waals surface area contributed by atoms with Crippen LogP contribution in [-0.2, 0) is 0 Å². The summed E-state index contributed by atoms with van der Waals surface area (Å²) in [6, 6.07) is 3.76. The summed E-state index contributed by atoms with van der Waals surface area (Å²) >= 11 is 8.19. The number of aromatic nitrogens is 2. The molecule has 1 aromatic heterocycles. The van der Waals surface area contributed by atoms with E-state index in [0.29, 0.717) is 11.5 Å². The fraction of sp³-hybridized carbons (Fsp3) is 0.200. The Bertz CT molecular complexity index is 545. The molecule has 4 nitrogen and oxygen atoms in total. The Morgan fingerprint density at radius 2 is 1.88 bits per heavy atom. The highest BCUT2D eigenvalue weighted by Crippen LogP contribution is 2.42. The molecule has 0 aliphatic carbocycles. The van der Waals surface area contributed by atoms with Crippen molar-refractivity contribution >= 4 is 43.2 Å². The van der Waals surface area contributed by atoms with Gasteiger partial charge in [-0.3, -0.25) is 0 Å². The third kappa shape index (κ3) is 2.46. The summed E-state index contributed by atoms with van der Waals surface area (Å²) in [7, 11) is 3.22. The number of methoxy groups -OCH3 is 2. The van der Waals surface area contributed by atoms with Gasteiger partial charge in [0.1, 0.15) is 16.0 Å². The highest BCUT2D eigenvalue weighted by Gasteiger charge is 2.16. The first-order chi connectivity index (χ1) is 8.17. The van der Waals surface area contributed by atoms with Gasteiger partial charge in [0, 0.05) is 0 Å². The lowest BCUT2D eigenvalue weighted by molar-refractivity contribution is 0.390. The highest BCUT2D eigenvalue weighted by molar-refractivity contribution is 9.11. The molecular formula is C10H8Br2N2O2S. The van der Waals surface area contributed by atoms with Gasteiger partial charge < -0.3 is 9.47 Å². The van der Waals surface area contributed by atoms with Crippen LogP contribution in [0.4, 0.5) is 0 Å². The molecule has 0 unspecified atom stereocenters. The van der Waals surface area contributed by atoms with Crippen molar-refractivity contribution in [2.75, 3.05) is 14.2 Å². The predicted molar refractivity (Wildman–Crippen MR) is 73.8 cm³/mol. The maximum atomic E-state index is 5.38. The molecule has 0 fully saturated rings. The lowest BCUT2D eigenvalue weighted by Gasteiger charge is -2.11. The Kier molecular flexibility index (Phi) is 4.01. The molecule has 2 rings (SSSR count). The quantitative estimate of drug-likeness (QED) is 0.814. The van der Waals surface area contributed by atoms with E-state index >= 15 is 0 Å². The zero-order valence-electron chi connectivity index (χ0n) is 9.03. The fourth-order valence-electron chi connectivity index (χ4n) is 1.38.